The van der Waals surface area contributed by atoms with E-state index in [1.165, 1.54) is 0 Å². The lowest BCUT2D eigenvalue weighted by Gasteiger charge is -2.24. The molecule has 16 heavy (non-hydrogen) atoms. The number of nitrogens with one attached hydrogen (secondary N) is 2. The molecule has 1 saturated carbocycles. The normalized spacial score (nSPS) is 29.1. The Morgan fingerprint density at radius 2 is 2.19 bits per heavy atom. The third-order valence-corrected chi connectivity index (χ3v) is 3.42. The van der Waals surface area contributed by atoms with Crippen LogP contribution in [0.5, 0.6) is 0 Å². The molecule has 0 aromatic carbocycles. The molecule has 1 fully saturated rings. The average molecular weight is 243 g/mol. The largest absolute Gasteiger partial charge is 0.512 e. The lowest BCUT2D eigenvalue weighted by atomic mass is 9.97. The molecule has 2 rings (SSSR count). The van der Waals surface area contributed by atoms with Crippen LogP contribution in [0.3, 0.4) is 0 Å². The molecule has 5 heteroatoms. The molecule has 0 aliphatic heterocycles. The second-order valence-corrected chi connectivity index (χ2v) is 4.75. The molecule has 2 aliphatic rings. The standard InChI is InChI=1S/C11H15ClN2O2/c1-6-9(15)5-4-8(10(6)12)14-11(16)13-7-2-3-7/h4-7,10,15H,2-3H2,1H3,(H2,13,14,16). The molecule has 2 amide bonds. The van der Waals surface area contributed by atoms with E-state index in [1.54, 1.807) is 12.2 Å². The van der Waals surface area contributed by atoms with Gasteiger partial charge < -0.3 is 15.7 Å². The summed E-state index contributed by atoms with van der Waals surface area (Å²) in [6.45, 7) is 1.82. The molecule has 0 spiro atoms. The van der Waals surface area contributed by atoms with Crippen molar-refractivity contribution in [1.29, 1.82) is 0 Å². The van der Waals surface area contributed by atoms with Gasteiger partial charge in [0.2, 0.25) is 0 Å². The third-order valence-electron chi connectivity index (χ3n) is 2.81. The van der Waals surface area contributed by atoms with Gasteiger partial charge >= 0.3 is 6.03 Å². The predicted molar refractivity (Wildman–Crippen MR) is 62.3 cm³/mol. The number of aliphatic hydroxyl groups excluding tert-OH is 1. The minimum absolute atomic E-state index is 0.178. The number of aliphatic hydroxyl groups is 1. The van der Waals surface area contributed by atoms with Crippen LogP contribution >= 0.6 is 11.6 Å². The minimum atomic E-state index is -0.394. The van der Waals surface area contributed by atoms with E-state index in [1.807, 2.05) is 6.92 Å². The Labute approximate surface area is 99.4 Å². The maximum atomic E-state index is 11.5. The van der Waals surface area contributed by atoms with Crippen molar-refractivity contribution in [1.82, 2.24) is 10.6 Å². The van der Waals surface area contributed by atoms with Gasteiger partial charge in [0.1, 0.15) is 0 Å². The summed E-state index contributed by atoms with van der Waals surface area (Å²) in [7, 11) is 0. The van der Waals surface area contributed by atoms with E-state index in [0.29, 0.717) is 11.7 Å². The fraction of sp³-hybridized carbons (Fsp3) is 0.545. The number of allylic oxidation sites excluding steroid dienone is 4. The Balaban J connectivity index is 1.95. The summed E-state index contributed by atoms with van der Waals surface area (Å²) in [5.74, 6) is 0.0658. The highest BCUT2D eigenvalue weighted by Crippen LogP contribution is 2.27. The van der Waals surface area contributed by atoms with Crippen LogP contribution in [0.15, 0.2) is 23.6 Å². The van der Waals surface area contributed by atoms with Crippen molar-refractivity contribution in [3.8, 4) is 0 Å². The van der Waals surface area contributed by atoms with Crippen molar-refractivity contribution in [2.24, 2.45) is 5.92 Å². The smallest absolute Gasteiger partial charge is 0.319 e. The first-order valence-electron chi connectivity index (χ1n) is 5.40. The molecule has 2 aliphatic carbocycles. The number of alkyl halides is 1. The van der Waals surface area contributed by atoms with Crippen LogP contribution in [0.2, 0.25) is 0 Å². The number of carbonyl (C=O) groups is 1. The molecule has 0 bridgehead atoms. The van der Waals surface area contributed by atoms with E-state index < -0.39 is 5.38 Å². The lowest BCUT2D eigenvalue weighted by molar-refractivity contribution is 0.242. The fourth-order valence-electron chi connectivity index (χ4n) is 1.53. The van der Waals surface area contributed by atoms with Gasteiger partial charge in [-0.05, 0) is 25.0 Å². The molecule has 0 aromatic rings. The number of rotatable bonds is 2. The molecule has 2 unspecified atom stereocenters. The zero-order valence-electron chi connectivity index (χ0n) is 9.03. The van der Waals surface area contributed by atoms with Gasteiger partial charge in [0, 0.05) is 17.7 Å². The molecule has 4 nitrogen and oxygen atoms in total. The maximum absolute atomic E-state index is 11.5. The maximum Gasteiger partial charge on any atom is 0.319 e. The quantitative estimate of drug-likeness (QED) is 0.649. The summed E-state index contributed by atoms with van der Waals surface area (Å²) in [5.41, 5.74) is 0.630. The number of urea groups is 1. The van der Waals surface area contributed by atoms with Gasteiger partial charge in [-0.25, -0.2) is 4.79 Å². The predicted octanol–water partition coefficient (Wildman–Crippen LogP) is 2.03. The first kappa shape index (κ1) is 11.3. The van der Waals surface area contributed by atoms with Gasteiger partial charge in [-0.2, -0.15) is 0 Å². The molecule has 3 N–H and O–H groups in total. The van der Waals surface area contributed by atoms with Gasteiger partial charge in [-0.1, -0.05) is 6.92 Å². The lowest BCUT2D eigenvalue weighted by Crippen LogP contribution is -2.40. The summed E-state index contributed by atoms with van der Waals surface area (Å²) in [6, 6.07) is 0.0979. The summed E-state index contributed by atoms with van der Waals surface area (Å²) in [5, 5.41) is 14.6. The van der Waals surface area contributed by atoms with E-state index in [9.17, 15) is 9.90 Å². The number of hydrogen-bond donors (Lipinski definition) is 3. The first-order chi connectivity index (χ1) is 7.58. The second-order valence-electron chi connectivity index (χ2n) is 4.28. The Morgan fingerprint density at radius 1 is 1.50 bits per heavy atom. The van der Waals surface area contributed by atoms with Crippen LogP contribution in [-0.2, 0) is 0 Å². The zero-order valence-corrected chi connectivity index (χ0v) is 9.79. The molecule has 2 atom stereocenters. The average Bonchev–Trinajstić information content (AvgIpc) is 3.03. The van der Waals surface area contributed by atoms with E-state index >= 15 is 0 Å². The van der Waals surface area contributed by atoms with Crippen LogP contribution in [0, 0.1) is 5.92 Å². The highest BCUT2D eigenvalue weighted by atomic mass is 35.5. The van der Waals surface area contributed by atoms with Crippen LogP contribution in [-0.4, -0.2) is 22.6 Å². The highest BCUT2D eigenvalue weighted by Gasteiger charge is 2.28. The first-order valence-corrected chi connectivity index (χ1v) is 5.84. The van der Waals surface area contributed by atoms with E-state index in [4.69, 9.17) is 11.6 Å². The Kier molecular flexibility index (Phi) is 3.10. The summed E-state index contributed by atoms with van der Waals surface area (Å²) < 4.78 is 0. The number of carbonyl (C=O) groups excluding carboxylic acids is 1. The molecule has 0 saturated heterocycles. The van der Waals surface area contributed by atoms with E-state index in [2.05, 4.69) is 10.6 Å². The molecular formula is C11H15ClN2O2. The van der Waals surface area contributed by atoms with Crippen LogP contribution in [0.4, 0.5) is 4.79 Å². The third kappa shape index (κ3) is 2.50. The number of amides is 2. The molecule has 0 heterocycles. The zero-order chi connectivity index (χ0) is 11.7. The van der Waals surface area contributed by atoms with Crippen LogP contribution in [0.25, 0.3) is 0 Å². The topological polar surface area (TPSA) is 61.4 Å². The van der Waals surface area contributed by atoms with Gasteiger partial charge in [0.25, 0.3) is 0 Å². The fourth-order valence-corrected chi connectivity index (χ4v) is 1.79. The molecule has 88 valence electrons. The molecular weight excluding hydrogens is 228 g/mol. The van der Waals surface area contributed by atoms with Gasteiger partial charge in [0.15, 0.2) is 0 Å². The Bertz CT molecular complexity index is 361. The SMILES string of the molecule is CC1C(O)=CC=C(NC(=O)NC2CC2)C1Cl. The number of halogens is 1. The Hall–Kier alpha value is -1.16. The van der Waals surface area contributed by atoms with E-state index in [0.717, 1.165) is 12.8 Å². The van der Waals surface area contributed by atoms with Gasteiger partial charge in [0.05, 0.1) is 11.1 Å². The van der Waals surface area contributed by atoms with Crippen LogP contribution in [0.1, 0.15) is 19.8 Å². The van der Waals surface area contributed by atoms with Crippen molar-refractivity contribution in [2.45, 2.75) is 31.2 Å². The van der Waals surface area contributed by atoms with Crippen molar-refractivity contribution >= 4 is 17.6 Å². The van der Waals surface area contributed by atoms with Crippen molar-refractivity contribution in [3.05, 3.63) is 23.6 Å². The van der Waals surface area contributed by atoms with E-state index in [-0.39, 0.29) is 17.7 Å². The van der Waals surface area contributed by atoms with Crippen molar-refractivity contribution in [3.63, 3.8) is 0 Å². The van der Waals surface area contributed by atoms with Crippen molar-refractivity contribution < 1.29 is 9.90 Å². The number of hydrogen-bond acceptors (Lipinski definition) is 2. The Morgan fingerprint density at radius 3 is 2.81 bits per heavy atom. The summed E-state index contributed by atoms with van der Waals surface area (Å²) >= 11 is 6.11. The molecule has 0 aromatic heterocycles. The minimum Gasteiger partial charge on any atom is -0.512 e. The van der Waals surface area contributed by atoms with Crippen molar-refractivity contribution in [2.75, 3.05) is 0 Å². The van der Waals surface area contributed by atoms with Crippen LogP contribution < -0.4 is 10.6 Å². The van der Waals surface area contributed by atoms with Gasteiger partial charge in [-0.15, -0.1) is 11.6 Å². The molecule has 0 radical (unpaired) electrons. The van der Waals surface area contributed by atoms with Gasteiger partial charge in [-0.3, -0.25) is 0 Å². The monoisotopic (exact) mass is 242 g/mol. The summed E-state index contributed by atoms with van der Waals surface area (Å²) in [6.07, 6.45) is 5.30. The summed E-state index contributed by atoms with van der Waals surface area (Å²) in [4.78, 5) is 11.5. The second kappa shape index (κ2) is 4.37. The highest BCUT2D eigenvalue weighted by molar-refractivity contribution is 6.23.